The van der Waals surface area contributed by atoms with Gasteiger partial charge in [-0.25, -0.2) is 0 Å². The molecule has 0 spiro atoms. The molecule has 0 fully saturated rings. The van der Waals surface area contributed by atoms with Crippen LogP contribution in [0.2, 0.25) is 0 Å². The molecule has 4 nitrogen and oxygen atoms in total. The summed E-state index contributed by atoms with van der Waals surface area (Å²) in [6.07, 6.45) is 0.948. The maximum absolute atomic E-state index is 11.1. The molecule has 0 aliphatic rings. The third-order valence-corrected chi connectivity index (χ3v) is 1.93. The fraction of sp³-hybridized carbons (Fsp3) is 0.900. The lowest BCUT2D eigenvalue weighted by Crippen LogP contribution is -2.32. The minimum atomic E-state index is -0.147. The Morgan fingerprint density at radius 3 is 2.57 bits per heavy atom. The van der Waals surface area contributed by atoms with E-state index in [9.17, 15) is 4.79 Å². The molecule has 0 aromatic heterocycles. The lowest BCUT2D eigenvalue weighted by Gasteiger charge is -2.18. The highest BCUT2D eigenvalue weighted by molar-refractivity contribution is 5.71. The minimum absolute atomic E-state index is 0.147. The van der Waals surface area contributed by atoms with Crippen molar-refractivity contribution in [3.8, 4) is 0 Å². The van der Waals surface area contributed by atoms with E-state index >= 15 is 0 Å². The van der Waals surface area contributed by atoms with Gasteiger partial charge in [-0.15, -0.1) is 0 Å². The van der Waals surface area contributed by atoms with Crippen LogP contribution in [-0.4, -0.2) is 50.8 Å². The van der Waals surface area contributed by atoms with Crippen LogP contribution >= 0.6 is 0 Å². The molecule has 0 radical (unpaired) electrons. The van der Waals surface area contributed by atoms with Crippen molar-refractivity contribution in [1.82, 2.24) is 4.90 Å². The van der Waals surface area contributed by atoms with Crippen LogP contribution in [0.25, 0.3) is 0 Å². The maximum Gasteiger partial charge on any atom is 0.320 e. The van der Waals surface area contributed by atoms with E-state index in [1.165, 1.54) is 0 Å². The van der Waals surface area contributed by atoms with Crippen molar-refractivity contribution in [1.29, 1.82) is 0 Å². The fourth-order valence-electron chi connectivity index (χ4n) is 1.17. The molecule has 14 heavy (non-hydrogen) atoms. The van der Waals surface area contributed by atoms with Gasteiger partial charge in [-0.05, 0) is 19.9 Å². The number of ether oxygens (including phenoxy) is 2. The Bertz CT molecular complexity index is 150. The number of likely N-dealkylation sites (N-methyl/N-ethyl adjacent to an activating group) is 1. The summed E-state index contributed by atoms with van der Waals surface area (Å²) in [7, 11) is 1.68. The van der Waals surface area contributed by atoms with Gasteiger partial charge in [0.15, 0.2) is 0 Å². The summed E-state index contributed by atoms with van der Waals surface area (Å²) in [5.74, 6) is -0.147. The van der Waals surface area contributed by atoms with Gasteiger partial charge in [0.05, 0.1) is 13.2 Å². The lowest BCUT2D eigenvalue weighted by molar-refractivity contribution is -0.144. The van der Waals surface area contributed by atoms with E-state index in [-0.39, 0.29) is 5.97 Å². The molecule has 0 atom stereocenters. The predicted octanol–water partition coefficient (Wildman–Crippen LogP) is 0.908. The molecule has 0 aromatic rings. The second kappa shape index (κ2) is 8.97. The summed E-state index contributed by atoms with van der Waals surface area (Å²) >= 11 is 0. The quantitative estimate of drug-likeness (QED) is 0.434. The van der Waals surface area contributed by atoms with Crippen LogP contribution in [0.3, 0.4) is 0 Å². The van der Waals surface area contributed by atoms with Crippen molar-refractivity contribution in [2.45, 2.75) is 20.3 Å². The van der Waals surface area contributed by atoms with Crippen LogP contribution < -0.4 is 0 Å². The number of hydrogen-bond acceptors (Lipinski definition) is 4. The zero-order valence-corrected chi connectivity index (χ0v) is 9.41. The largest absolute Gasteiger partial charge is 0.465 e. The Morgan fingerprint density at radius 2 is 2.07 bits per heavy atom. The summed E-state index contributed by atoms with van der Waals surface area (Å²) in [6.45, 7) is 7.17. The Labute approximate surface area is 86.2 Å². The molecular formula is C10H21NO3. The Hall–Kier alpha value is -0.610. The lowest BCUT2D eigenvalue weighted by atomic mass is 10.4. The molecule has 0 heterocycles. The average molecular weight is 203 g/mol. The number of carbonyl (C=O) groups excluding carboxylic acids is 1. The number of nitrogens with zero attached hydrogens (tertiary/aromatic N) is 1. The first-order valence-electron chi connectivity index (χ1n) is 5.11. The summed E-state index contributed by atoms with van der Waals surface area (Å²) < 4.78 is 9.82. The van der Waals surface area contributed by atoms with Crippen LogP contribution in [0.1, 0.15) is 20.3 Å². The van der Waals surface area contributed by atoms with E-state index in [1.807, 2.05) is 13.8 Å². The van der Waals surface area contributed by atoms with Gasteiger partial charge in [0.25, 0.3) is 0 Å². The highest BCUT2D eigenvalue weighted by Crippen LogP contribution is 1.93. The number of methoxy groups -OCH3 is 1. The molecule has 0 rings (SSSR count). The van der Waals surface area contributed by atoms with Gasteiger partial charge in [-0.2, -0.15) is 0 Å². The molecule has 84 valence electrons. The Morgan fingerprint density at radius 1 is 1.36 bits per heavy atom. The summed E-state index contributed by atoms with van der Waals surface area (Å²) in [5, 5.41) is 0. The highest BCUT2D eigenvalue weighted by atomic mass is 16.5. The Balaban J connectivity index is 3.61. The highest BCUT2D eigenvalue weighted by Gasteiger charge is 2.08. The van der Waals surface area contributed by atoms with Gasteiger partial charge in [0, 0.05) is 20.3 Å². The topological polar surface area (TPSA) is 38.8 Å². The van der Waals surface area contributed by atoms with E-state index in [1.54, 1.807) is 7.11 Å². The first kappa shape index (κ1) is 13.4. The van der Waals surface area contributed by atoms with Gasteiger partial charge in [0.2, 0.25) is 0 Å². The van der Waals surface area contributed by atoms with Crippen LogP contribution in [0.5, 0.6) is 0 Å². The van der Waals surface area contributed by atoms with Crippen molar-refractivity contribution in [3.05, 3.63) is 0 Å². The first-order chi connectivity index (χ1) is 6.74. The van der Waals surface area contributed by atoms with Crippen molar-refractivity contribution in [2.75, 3.05) is 40.0 Å². The molecule has 0 N–H and O–H groups in total. The number of rotatable bonds is 8. The number of esters is 1. The maximum atomic E-state index is 11.1. The predicted molar refractivity (Wildman–Crippen MR) is 55.2 cm³/mol. The van der Waals surface area contributed by atoms with Gasteiger partial charge >= 0.3 is 5.97 Å². The molecule has 0 aliphatic carbocycles. The van der Waals surface area contributed by atoms with Crippen molar-refractivity contribution >= 4 is 5.97 Å². The summed E-state index contributed by atoms with van der Waals surface area (Å²) in [5.41, 5.74) is 0. The molecule has 0 saturated heterocycles. The zero-order chi connectivity index (χ0) is 10.8. The third kappa shape index (κ3) is 6.86. The molecular weight excluding hydrogens is 182 g/mol. The first-order valence-corrected chi connectivity index (χ1v) is 5.11. The molecule has 0 aliphatic heterocycles. The standard InChI is InChI=1S/C10H21NO3/c1-4-11(7-6-8-13-3)9-10(12)14-5-2/h4-9H2,1-3H3. The molecule has 0 saturated carbocycles. The van der Waals surface area contributed by atoms with E-state index in [0.29, 0.717) is 13.2 Å². The van der Waals surface area contributed by atoms with Crippen LogP contribution in [0.15, 0.2) is 0 Å². The normalized spacial score (nSPS) is 10.6. The van der Waals surface area contributed by atoms with Crippen LogP contribution in [-0.2, 0) is 14.3 Å². The monoisotopic (exact) mass is 203 g/mol. The van der Waals surface area contributed by atoms with E-state index < -0.39 is 0 Å². The third-order valence-electron chi connectivity index (χ3n) is 1.93. The van der Waals surface area contributed by atoms with Gasteiger partial charge in [-0.3, -0.25) is 9.69 Å². The minimum Gasteiger partial charge on any atom is -0.465 e. The molecule has 0 bridgehead atoms. The van der Waals surface area contributed by atoms with Gasteiger partial charge in [-0.1, -0.05) is 6.92 Å². The van der Waals surface area contributed by atoms with E-state index in [2.05, 4.69) is 4.90 Å². The number of hydrogen-bond donors (Lipinski definition) is 0. The van der Waals surface area contributed by atoms with Crippen LogP contribution in [0.4, 0.5) is 0 Å². The molecule has 0 amide bonds. The van der Waals surface area contributed by atoms with Crippen molar-refractivity contribution in [2.24, 2.45) is 0 Å². The fourth-order valence-corrected chi connectivity index (χ4v) is 1.17. The van der Waals surface area contributed by atoms with Gasteiger partial charge in [0.1, 0.15) is 0 Å². The summed E-state index contributed by atoms with van der Waals surface area (Å²) in [4.78, 5) is 13.2. The van der Waals surface area contributed by atoms with Crippen molar-refractivity contribution < 1.29 is 14.3 Å². The van der Waals surface area contributed by atoms with E-state index in [0.717, 1.165) is 26.1 Å². The molecule has 0 unspecified atom stereocenters. The van der Waals surface area contributed by atoms with E-state index in [4.69, 9.17) is 9.47 Å². The second-order valence-corrected chi connectivity index (χ2v) is 3.02. The number of carbonyl (C=O) groups is 1. The second-order valence-electron chi connectivity index (χ2n) is 3.02. The zero-order valence-electron chi connectivity index (χ0n) is 9.41. The smallest absolute Gasteiger partial charge is 0.320 e. The van der Waals surface area contributed by atoms with Crippen molar-refractivity contribution in [3.63, 3.8) is 0 Å². The average Bonchev–Trinajstić information content (AvgIpc) is 2.17. The molecule has 0 aromatic carbocycles. The molecule has 4 heteroatoms. The summed E-state index contributed by atoms with van der Waals surface area (Å²) in [6, 6.07) is 0. The van der Waals surface area contributed by atoms with Crippen LogP contribution in [0, 0.1) is 0 Å². The Kier molecular flexibility index (Phi) is 8.57. The van der Waals surface area contributed by atoms with Gasteiger partial charge < -0.3 is 9.47 Å². The SMILES string of the molecule is CCOC(=O)CN(CC)CCCOC.